The molecular formula is C19H20FN3O. The molecule has 124 valence electrons. The molecule has 0 aliphatic heterocycles. The second kappa shape index (κ2) is 8.06. The molecule has 0 radical (unpaired) electrons. The zero-order valence-electron chi connectivity index (χ0n) is 13.8. The lowest BCUT2D eigenvalue weighted by Gasteiger charge is -1.98. The first-order chi connectivity index (χ1) is 11.5. The standard InChI is InChI=1S/C19H20FN3O/c1-4-14(10-16(21)5-2)12-19-23-22-18(24-19)9-8-15-7-6-13(3)17(20)11-15/h4-11H,2,12,21H2,1,3H3/b9-8+,14-4+,16-10+. The number of allylic oxidation sites excluding steroid dienone is 4. The van der Waals surface area contributed by atoms with Crippen molar-refractivity contribution in [2.75, 3.05) is 0 Å². The van der Waals surface area contributed by atoms with Crippen LogP contribution in [0.1, 0.15) is 29.8 Å². The van der Waals surface area contributed by atoms with E-state index in [4.69, 9.17) is 10.2 Å². The lowest BCUT2D eigenvalue weighted by molar-refractivity contribution is 0.496. The van der Waals surface area contributed by atoms with Crippen LogP contribution in [-0.2, 0) is 6.42 Å². The minimum Gasteiger partial charge on any atom is -0.421 e. The van der Waals surface area contributed by atoms with Gasteiger partial charge in [0.05, 0.1) is 6.42 Å². The molecule has 1 aromatic heterocycles. The molecule has 4 nitrogen and oxygen atoms in total. The van der Waals surface area contributed by atoms with Crippen LogP contribution >= 0.6 is 0 Å². The Morgan fingerprint density at radius 2 is 2.12 bits per heavy atom. The van der Waals surface area contributed by atoms with Crippen molar-refractivity contribution in [3.8, 4) is 0 Å². The third-order valence-electron chi connectivity index (χ3n) is 3.41. The molecule has 5 heteroatoms. The van der Waals surface area contributed by atoms with Gasteiger partial charge in [-0.3, -0.25) is 0 Å². The molecule has 0 aliphatic carbocycles. The van der Waals surface area contributed by atoms with E-state index in [0.29, 0.717) is 29.5 Å². The minimum atomic E-state index is -0.243. The van der Waals surface area contributed by atoms with E-state index in [2.05, 4.69) is 16.8 Å². The molecule has 0 unspecified atom stereocenters. The summed E-state index contributed by atoms with van der Waals surface area (Å²) in [7, 11) is 0. The number of aromatic nitrogens is 2. The normalized spacial score (nSPS) is 12.8. The maximum atomic E-state index is 13.5. The summed E-state index contributed by atoms with van der Waals surface area (Å²) in [4.78, 5) is 0. The van der Waals surface area contributed by atoms with Gasteiger partial charge >= 0.3 is 0 Å². The maximum Gasteiger partial charge on any atom is 0.240 e. The van der Waals surface area contributed by atoms with Gasteiger partial charge in [0.1, 0.15) is 5.82 Å². The fourth-order valence-electron chi connectivity index (χ4n) is 1.97. The van der Waals surface area contributed by atoms with Gasteiger partial charge in [-0.2, -0.15) is 0 Å². The van der Waals surface area contributed by atoms with Gasteiger partial charge in [0.25, 0.3) is 0 Å². The number of nitrogens with zero attached hydrogens (tertiary/aromatic N) is 2. The van der Waals surface area contributed by atoms with E-state index in [1.54, 1.807) is 31.2 Å². The van der Waals surface area contributed by atoms with Gasteiger partial charge in [0.15, 0.2) is 0 Å². The molecule has 1 aromatic carbocycles. The van der Waals surface area contributed by atoms with E-state index < -0.39 is 0 Å². The zero-order chi connectivity index (χ0) is 17.5. The molecule has 0 fully saturated rings. The van der Waals surface area contributed by atoms with Crippen LogP contribution < -0.4 is 5.73 Å². The average Bonchev–Trinajstić information content (AvgIpc) is 3.02. The van der Waals surface area contributed by atoms with Crippen molar-refractivity contribution in [2.45, 2.75) is 20.3 Å². The molecule has 0 atom stereocenters. The summed E-state index contributed by atoms with van der Waals surface area (Å²) in [6.07, 6.45) is 9.17. The summed E-state index contributed by atoms with van der Waals surface area (Å²) in [5.74, 6) is 0.598. The van der Waals surface area contributed by atoms with Crippen molar-refractivity contribution in [3.05, 3.63) is 83.0 Å². The summed E-state index contributed by atoms with van der Waals surface area (Å²) in [5.41, 5.74) is 8.60. The fourth-order valence-corrected chi connectivity index (χ4v) is 1.97. The molecule has 2 aromatic rings. The predicted octanol–water partition coefficient (Wildman–Crippen LogP) is 4.20. The Morgan fingerprint density at radius 3 is 2.79 bits per heavy atom. The van der Waals surface area contributed by atoms with E-state index in [-0.39, 0.29) is 5.82 Å². The molecule has 0 spiro atoms. The van der Waals surface area contributed by atoms with Crippen LogP contribution in [-0.4, -0.2) is 10.2 Å². The van der Waals surface area contributed by atoms with Gasteiger partial charge in [0, 0.05) is 11.8 Å². The number of benzene rings is 1. The van der Waals surface area contributed by atoms with E-state index in [1.165, 1.54) is 6.07 Å². The highest BCUT2D eigenvalue weighted by Gasteiger charge is 2.06. The summed E-state index contributed by atoms with van der Waals surface area (Å²) < 4.78 is 19.1. The molecule has 0 saturated heterocycles. The molecule has 0 bridgehead atoms. The number of nitrogens with two attached hydrogens (primary N) is 1. The number of hydrogen-bond donors (Lipinski definition) is 1. The highest BCUT2D eigenvalue weighted by atomic mass is 19.1. The summed E-state index contributed by atoms with van der Waals surface area (Å²) in [6.45, 7) is 7.25. The second-order valence-corrected chi connectivity index (χ2v) is 5.26. The van der Waals surface area contributed by atoms with Crippen molar-refractivity contribution in [1.29, 1.82) is 0 Å². The van der Waals surface area contributed by atoms with Crippen molar-refractivity contribution in [3.63, 3.8) is 0 Å². The number of aryl methyl sites for hydroxylation is 1. The Labute approximate surface area is 140 Å². The van der Waals surface area contributed by atoms with Crippen molar-refractivity contribution < 1.29 is 8.81 Å². The maximum absolute atomic E-state index is 13.5. The number of halogens is 1. The van der Waals surface area contributed by atoms with Crippen molar-refractivity contribution >= 4 is 12.2 Å². The van der Waals surface area contributed by atoms with Gasteiger partial charge < -0.3 is 10.2 Å². The Bertz CT molecular complexity index is 816. The Morgan fingerprint density at radius 1 is 1.33 bits per heavy atom. The van der Waals surface area contributed by atoms with Gasteiger partial charge in [-0.05, 0) is 54.8 Å². The quantitative estimate of drug-likeness (QED) is 0.808. The van der Waals surface area contributed by atoms with Crippen LogP contribution in [0, 0.1) is 12.7 Å². The first-order valence-electron chi connectivity index (χ1n) is 7.53. The highest BCUT2D eigenvalue weighted by Crippen LogP contribution is 2.14. The Kier molecular flexibility index (Phi) is 5.84. The van der Waals surface area contributed by atoms with Crippen LogP contribution in [0.4, 0.5) is 4.39 Å². The van der Waals surface area contributed by atoms with Gasteiger partial charge in [0.2, 0.25) is 11.8 Å². The predicted molar refractivity (Wildman–Crippen MR) is 94.3 cm³/mol. The number of rotatable bonds is 6. The summed E-state index contributed by atoms with van der Waals surface area (Å²) >= 11 is 0. The molecule has 2 rings (SSSR count). The van der Waals surface area contributed by atoms with Gasteiger partial charge in [-0.15, -0.1) is 10.2 Å². The Hall–Kier alpha value is -2.95. The van der Waals surface area contributed by atoms with Crippen LogP contribution in [0.25, 0.3) is 12.2 Å². The lowest BCUT2D eigenvalue weighted by atomic mass is 10.1. The molecule has 0 saturated carbocycles. The van der Waals surface area contributed by atoms with Crippen molar-refractivity contribution in [2.24, 2.45) is 5.73 Å². The van der Waals surface area contributed by atoms with Crippen LogP contribution in [0.15, 0.2) is 58.7 Å². The topological polar surface area (TPSA) is 64.9 Å². The SMILES string of the molecule is C=C/C(N)=C\C(=C/C)Cc1nnc(/C=C/c2ccc(C)c(F)c2)o1. The minimum absolute atomic E-state index is 0.243. The first-order valence-corrected chi connectivity index (χ1v) is 7.53. The second-order valence-electron chi connectivity index (χ2n) is 5.26. The van der Waals surface area contributed by atoms with Gasteiger partial charge in [-0.1, -0.05) is 24.8 Å². The van der Waals surface area contributed by atoms with Crippen LogP contribution in [0.3, 0.4) is 0 Å². The third kappa shape index (κ3) is 4.78. The van der Waals surface area contributed by atoms with E-state index in [9.17, 15) is 4.39 Å². The van der Waals surface area contributed by atoms with E-state index >= 15 is 0 Å². The molecule has 1 heterocycles. The number of hydrogen-bond acceptors (Lipinski definition) is 4. The highest BCUT2D eigenvalue weighted by molar-refractivity contribution is 5.66. The van der Waals surface area contributed by atoms with Crippen LogP contribution in [0.5, 0.6) is 0 Å². The Balaban J connectivity index is 2.08. The molecule has 0 aliphatic rings. The van der Waals surface area contributed by atoms with E-state index in [1.807, 2.05) is 25.1 Å². The largest absolute Gasteiger partial charge is 0.421 e. The molecular weight excluding hydrogens is 305 g/mol. The van der Waals surface area contributed by atoms with Crippen molar-refractivity contribution in [1.82, 2.24) is 10.2 Å². The zero-order valence-corrected chi connectivity index (χ0v) is 13.8. The van der Waals surface area contributed by atoms with E-state index in [0.717, 1.165) is 11.1 Å². The fraction of sp³-hybridized carbons (Fsp3) is 0.158. The summed E-state index contributed by atoms with van der Waals surface area (Å²) in [6, 6.07) is 5.01. The first kappa shape index (κ1) is 17.4. The van der Waals surface area contributed by atoms with Gasteiger partial charge in [-0.25, -0.2) is 4.39 Å². The van der Waals surface area contributed by atoms with Crippen LogP contribution in [0.2, 0.25) is 0 Å². The smallest absolute Gasteiger partial charge is 0.240 e. The monoisotopic (exact) mass is 325 g/mol. The molecule has 24 heavy (non-hydrogen) atoms. The molecule has 2 N–H and O–H groups in total. The lowest BCUT2D eigenvalue weighted by Crippen LogP contribution is -1.95. The average molecular weight is 325 g/mol. The molecule has 0 amide bonds. The summed E-state index contributed by atoms with van der Waals surface area (Å²) in [5, 5.41) is 7.96. The third-order valence-corrected chi connectivity index (χ3v) is 3.41.